The van der Waals surface area contributed by atoms with Crippen LogP contribution in [0.25, 0.3) is 0 Å². The summed E-state index contributed by atoms with van der Waals surface area (Å²) >= 11 is 1.38. The molecule has 0 aliphatic carbocycles. The highest BCUT2D eigenvalue weighted by Crippen LogP contribution is 2.22. The Labute approximate surface area is 134 Å². The molecule has 1 amide bonds. The molecule has 3 N–H and O–H groups in total. The fourth-order valence-electron chi connectivity index (χ4n) is 2.16. The number of carbonyl (C=O) groups excluding carboxylic acids is 1. The number of carbonyl (C=O) groups is 1. The third-order valence-electron chi connectivity index (χ3n) is 3.37. The van der Waals surface area contributed by atoms with E-state index in [-0.39, 0.29) is 16.8 Å². The smallest absolute Gasteiger partial charge is 0.262 e. The molecule has 2 rings (SSSR count). The molecule has 0 fully saturated rings. The molecule has 22 heavy (non-hydrogen) atoms. The number of rotatable bonds is 5. The van der Waals surface area contributed by atoms with E-state index in [2.05, 4.69) is 5.32 Å². The molecule has 0 radical (unpaired) electrons. The van der Waals surface area contributed by atoms with Crippen molar-refractivity contribution >= 4 is 27.3 Å². The molecule has 1 heterocycles. The van der Waals surface area contributed by atoms with Crippen LogP contribution in [0.5, 0.6) is 0 Å². The Kier molecular flexibility index (Phi) is 5.00. The molecule has 0 bridgehead atoms. The summed E-state index contributed by atoms with van der Waals surface area (Å²) in [7, 11) is -3.76. The number of sulfonamides is 1. The normalized spacial score (nSPS) is 12.9. The first-order valence-corrected chi connectivity index (χ1v) is 9.23. The zero-order valence-corrected chi connectivity index (χ0v) is 14.0. The molecule has 0 saturated heterocycles. The van der Waals surface area contributed by atoms with Crippen molar-refractivity contribution in [2.24, 2.45) is 5.14 Å². The zero-order valence-electron chi connectivity index (χ0n) is 12.4. The zero-order chi connectivity index (χ0) is 16.3. The second-order valence-electron chi connectivity index (χ2n) is 4.98. The molecule has 2 aromatic rings. The quantitative estimate of drug-likeness (QED) is 0.878. The van der Waals surface area contributed by atoms with Crippen LogP contribution in [0.4, 0.5) is 0 Å². The summed E-state index contributed by atoms with van der Waals surface area (Å²) in [5, 5.41) is 9.96. The molecular formula is C15H18N2O3S2. The second kappa shape index (κ2) is 6.60. The van der Waals surface area contributed by atoms with Crippen LogP contribution >= 0.6 is 11.3 Å². The van der Waals surface area contributed by atoms with Crippen molar-refractivity contribution in [1.82, 2.24) is 5.32 Å². The topological polar surface area (TPSA) is 89.3 Å². The Balaban J connectivity index is 2.26. The Bertz CT molecular complexity index is 782. The van der Waals surface area contributed by atoms with E-state index in [9.17, 15) is 13.2 Å². The lowest BCUT2D eigenvalue weighted by Crippen LogP contribution is -2.28. The molecule has 0 spiro atoms. The molecule has 1 atom stereocenters. The lowest BCUT2D eigenvalue weighted by atomic mass is 10.0. The van der Waals surface area contributed by atoms with Crippen molar-refractivity contribution in [3.05, 3.63) is 51.7 Å². The van der Waals surface area contributed by atoms with Crippen molar-refractivity contribution in [3.8, 4) is 0 Å². The Morgan fingerprint density at radius 3 is 2.64 bits per heavy atom. The highest BCUT2D eigenvalue weighted by atomic mass is 32.2. The van der Waals surface area contributed by atoms with E-state index in [1.54, 1.807) is 12.1 Å². The van der Waals surface area contributed by atoms with Crippen LogP contribution in [0.1, 0.15) is 40.2 Å². The van der Waals surface area contributed by atoms with Crippen molar-refractivity contribution in [1.29, 1.82) is 0 Å². The molecule has 0 aliphatic rings. The van der Waals surface area contributed by atoms with Gasteiger partial charge in [0.1, 0.15) is 0 Å². The average Bonchev–Trinajstić information content (AvgIpc) is 2.90. The first kappa shape index (κ1) is 16.7. The summed E-state index contributed by atoms with van der Waals surface area (Å²) in [5.74, 6) is -0.152. The number of amides is 1. The number of benzene rings is 1. The molecule has 118 valence electrons. The molecule has 7 heteroatoms. The number of nitrogens with one attached hydrogen (secondary N) is 1. The summed E-state index contributed by atoms with van der Waals surface area (Å²) < 4.78 is 22.9. The van der Waals surface area contributed by atoms with Gasteiger partial charge in [0.2, 0.25) is 10.0 Å². The third kappa shape index (κ3) is 3.73. The minimum atomic E-state index is -3.76. The maximum Gasteiger partial charge on any atom is 0.262 e. The maximum atomic E-state index is 12.3. The number of hydrogen-bond acceptors (Lipinski definition) is 4. The second-order valence-corrected chi connectivity index (χ2v) is 7.46. The maximum absolute atomic E-state index is 12.3. The SMILES string of the molecule is CC[C@H](NC(=O)c1sccc1C)c1cccc(S(N)(=O)=O)c1. The minimum Gasteiger partial charge on any atom is -0.345 e. The largest absolute Gasteiger partial charge is 0.345 e. The number of nitrogens with two attached hydrogens (primary N) is 1. The predicted octanol–water partition coefficient (Wildman–Crippen LogP) is 2.59. The average molecular weight is 338 g/mol. The summed E-state index contributed by atoms with van der Waals surface area (Å²) in [6.45, 7) is 3.81. The van der Waals surface area contributed by atoms with Gasteiger partial charge in [0.25, 0.3) is 5.91 Å². The molecule has 0 unspecified atom stereocenters. The standard InChI is InChI=1S/C15H18N2O3S2/c1-3-13(17-15(18)14-10(2)7-8-21-14)11-5-4-6-12(9-11)22(16,19)20/h4-9,13H,3H2,1-2H3,(H,17,18)(H2,16,19,20)/t13-/m0/s1. The van der Waals surface area contributed by atoms with Gasteiger partial charge in [-0.25, -0.2) is 13.6 Å². The Morgan fingerprint density at radius 2 is 2.09 bits per heavy atom. The highest BCUT2D eigenvalue weighted by molar-refractivity contribution is 7.89. The fourth-order valence-corrected chi connectivity index (χ4v) is 3.56. The van der Waals surface area contributed by atoms with Crippen LogP contribution in [0, 0.1) is 6.92 Å². The van der Waals surface area contributed by atoms with E-state index in [1.165, 1.54) is 23.5 Å². The molecule has 1 aromatic carbocycles. The first-order valence-electron chi connectivity index (χ1n) is 6.80. The monoisotopic (exact) mass is 338 g/mol. The first-order chi connectivity index (χ1) is 10.3. The molecule has 1 aromatic heterocycles. The van der Waals surface area contributed by atoms with Crippen molar-refractivity contribution in [2.75, 3.05) is 0 Å². The molecule has 0 aliphatic heterocycles. The van der Waals surface area contributed by atoms with Gasteiger partial charge in [0.05, 0.1) is 15.8 Å². The van der Waals surface area contributed by atoms with Crippen molar-refractivity contribution in [3.63, 3.8) is 0 Å². The van der Waals surface area contributed by atoms with Gasteiger partial charge < -0.3 is 5.32 Å². The number of hydrogen-bond donors (Lipinski definition) is 2. The summed E-state index contributed by atoms with van der Waals surface area (Å²) in [5.41, 5.74) is 1.65. The van der Waals surface area contributed by atoms with E-state index in [4.69, 9.17) is 5.14 Å². The number of primary sulfonamides is 1. The van der Waals surface area contributed by atoms with Gasteiger partial charge in [-0.3, -0.25) is 4.79 Å². The van der Waals surface area contributed by atoms with E-state index in [0.717, 1.165) is 11.1 Å². The van der Waals surface area contributed by atoms with Crippen molar-refractivity contribution < 1.29 is 13.2 Å². The van der Waals surface area contributed by atoms with E-state index in [0.29, 0.717) is 11.3 Å². The van der Waals surface area contributed by atoms with Gasteiger partial charge in [0.15, 0.2) is 0 Å². The van der Waals surface area contributed by atoms with Gasteiger partial charge >= 0.3 is 0 Å². The summed E-state index contributed by atoms with van der Waals surface area (Å²) in [6, 6.07) is 7.98. The summed E-state index contributed by atoms with van der Waals surface area (Å²) in [4.78, 5) is 13.0. The van der Waals surface area contributed by atoms with Crippen LogP contribution < -0.4 is 10.5 Å². The van der Waals surface area contributed by atoms with Gasteiger partial charge in [-0.15, -0.1) is 11.3 Å². The fraction of sp³-hybridized carbons (Fsp3) is 0.267. The molecule has 0 saturated carbocycles. The molecule has 5 nitrogen and oxygen atoms in total. The van der Waals surface area contributed by atoms with Gasteiger partial charge in [0, 0.05) is 0 Å². The molecular weight excluding hydrogens is 320 g/mol. The van der Waals surface area contributed by atoms with Gasteiger partial charge in [-0.05, 0) is 48.1 Å². The highest BCUT2D eigenvalue weighted by Gasteiger charge is 2.18. The van der Waals surface area contributed by atoms with E-state index in [1.807, 2.05) is 25.3 Å². The number of aryl methyl sites for hydroxylation is 1. The lowest BCUT2D eigenvalue weighted by Gasteiger charge is -2.18. The van der Waals surface area contributed by atoms with Gasteiger partial charge in [-0.1, -0.05) is 19.1 Å². The Hall–Kier alpha value is -1.70. The Morgan fingerprint density at radius 1 is 1.36 bits per heavy atom. The van der Waals surface area contributed by atoms with Crippen LogP contribution in [-0.4, -0.2) is 14.3 Å². The minimum absolute atomic E-state index is 0.0463. The van der Waals surface area contributed by atoms with Crippen LogP contribution in [-0.2, 0) is 10.0 Å². The van der Waals surface area contributed by atoms with Crippen molar-refractivity contribution in [2.45, 2.75) is 31.2 Å². The third-order valence-corrected chi connectivity index (χ3v) is 5.30. The van der Waals surface area contributed by atoms with Gasteiger partial charge in [-0.2, -0.15) is 0 Å². The number of thiophene rings is 1. The van der Waals surface area contributed by atoms with Crippen LogP contribution in [0.15, 0.2) is 40.6 Å². The van der Waals surface area contributed by atoms with E-state index >= 15 is 0 Å². The summed E-state index contributed by atoms with van der Waals surface area (Å²) in [6.07, 6.45) is 0.643. The predicted molar refractivity (Wildman–Crippen MR) is 87.4 cm³/mol. The lowest BCUT2D eigenvalue weighted by molar-refractivity contribution is 0.0939. The van der Waals surface area contributed by atoms with Crippen LogP contribution in [0.2, 0.25) is 0 Å². The van der Waals surface area contributed by atoms with Crippen LogP contribution in [0.3, 0.4) is 0 Å². The van der Waals surface area contributed by atoms with E-state index < -0.39 is 10.0 Å².